The lowest BCUT2D eigenvalue weighted by Crippen LogP contribution is -2.48. The lowest BCUT2D eigenvalue weighted by molar-refractivity contribution is 0.0993. The van der Waals surface area contributed by atoms with Crippen molar-refractivity contribution >= 4 is 0 Å². The Hall–Kier alpha value is -2.77. The summed E-state index contributed by atoms with van der Waals surface area (Å²) in [6.07, 6.45) is 4.85. The maximum absolute atomic E-state index is 5.39. The summed E-state index contributed by atoms with van der Waals surface area (Å²) in [5.74, 6) is 1.84. The molecule has 1 aromatic heterocycles. The van der Waals surface area contributed by atoms with Crippen molar-refractivity contribution in [1.29, 1.82) is 0 Å². The number of rotatable bonds is 7. The first-order chi connectivity index (χ1) is 15.8. The van der Waals surface area contributed by atoms with Crippen molar-refractivity contribution in [3.05, 3.63) is 71.5 Å². The van der Waals surface area contributed by atoms with Gasteiger partial charge >= 0.3 is 0 Å². The molecule has 0 N–H and O–H groups in total. The van der Waals surface area contributed by atoms with Gasteiger partial charge in [-0.1, -0.05) is 55.3 Å². The predicted octanol–water partition coefficient (Wildman–Crippen LogP) is 3.70. The second-order valence-electron chi connectivity index (χ2n) is 8.89. The van der Waals surface area contributed by atoms with E-state index in [0.29, 0.717) is 6.04 Å². The number of tetrazole rings is 1. The quantitative estimate of drug-likeness (QED) is 0.567. The third-order valence-electron chi connectivity index (χ3n) is 6.89. The molecule has 5 rings (SSSR count). The Morgan fingerprint density at radius 1 is 0.938 bits per heavy atom. The molecule has 1 saturated carbocycles. The third-order valence-corrected chi connectivity index (χ3v) is 6.89. The van der Waals surface area contributed by atoms with Crippen LogP contribution < -0.4 is 4.74 Å². The molecule has 7 heteroatoms. The van der Waals surface area contributed by atoms with Crippen LogP contribution in [0.3, 0.4) is 0 Å². The van der Waals surface area contributed by atoms with Crippen molar-refractivity contribution in [2.75, 3.05) is 33.3 Å². The molecule has 0 amide bonds. The summed E-state index contributed by atoms with van der Waals surface area (Å²) in [6, 6.07) is 19.6. The summed E-state index contributed by atoms with van der Waals surface area (Å²) in [7, 11) is 1.71. The Balaban J connectivity index is 1.38. The van der Waals surface area contributed by atoms with Crippen LogP contribution in [0.4, 0.5) is 0 Å². The number of nitrogens with zero attached hydrogens (tertiary/aromatic N) is 6. The number of aromatic nitrogens is 4. The maximum atomic E-state index is 5.39. The average Bonchev–Trinajstić information content (AvgIpc) is 3.54. The van der Waals surface area contributed by atoms with Crippen LogP contribution in [-0.2, 0) is 6.54 Å². The van der Waals surface area contributed by atoms with Gasteiger partial charge in [0.2, 0.25) is 0 Å². The molecule has 1 atom stereocenters. The van der Waals surface area contributed by atoms with Crippen LogP contribution in [0, 0.1) is 0 Å². The van der Waals surface area contributed by atoms with Crippen molar-refractivity contribution < 1.29 is 4.74 Å². The van der Waals surface area contributed by atoms with E-state index in [1.165, 1.54) is 24.0 Å². The number of hydrogen-bond donors (Lipinski definition) is 0. The SMILES string of the molecule is COc1ccc(C(c2nnnn2C2CCCC2)N2CCN(Cc3ccccc3)CC2)cc1. The van der Waals surface area contributed by atoms with Gasteiger partial charge in [-0.2, -0.15) is 0 Å². The molecule has 1 saturated heterocycles. The minimum atomic E-state index is 0.0513. The number of piperazine rings is 1. The highest BCUT2D eigenvalue weighted by Gasteiger charge is 2.33. The summed E-state index contributed by atoms with van der Waals surface area (Å²) in [5, 5.41) is 13.1. The summed E-state index contributed by atoms with van der Waals surface area (Å²) < 4.78 is 7.50. The molecule has 2 fully saturated rings. The molecule has 0 radical (unpaired) electrons. The molecule has 3 aromatic rings. The molecule has 1 aliphatic carbocycles. The second-order valence-corrected chi connectivity index (χ2v) is 8.89. The highest BCUT2D eigenvalue weighted by Crippen LogP contribution is 2.35. The van der Waals surface area contributed by atoms with E-state index in [-0.39, 0.29) is 6.04 Å². The number of hydrogen-bond acceptors (Lipinski definition) is 6. The molecule has 1 aliphatic heterocycles. The third kappa shape index (κ3) is 4.54. The summed E-state index contributed by atoms with van der Waals surface area (Å²) in [6.45, 7) is 5.04. The van der Waals surface area contributed by atoms with Crippen molar-refractivity contribution in [1.82, 2.24) is 30.0 Å². The zero-order valence-electron chi connectivity index (χ0n) is 18.8. The normalized spacial score (nSPS) is 19.3. The molecule has 32 heavy (non-hydrogen) atoms. The van der Waals surface area contributed by atoms with Crippen molar-refractivity contribution in [3.8, 4) is 5.75 Å². The van der Waals surface area contributed by atoms with E-state index < -0.39 is 0 Å². The predicted molar refractivity (Wildman–Crippen MR) is 123 cm³/mol. The first-order valence-electron chi connectivity index (χ1n) is 11.7. The highest BCUT2D eigenvalue weighted by molar-refractivity contribution is 5.32. The van der Waals surface area contributed by atoms with Gasteiger partial charge in [0.1, 0.15) is 5.75 Å². The highest BCUT2D eigenvalue weighted by atomic mass is 16.5. The van der Waals surface area contributed by atoms with E-state index in [1.54, 1.807) is 7.11 Å². The van der Waals surface area contributed by atoms with Gasteiger partial charge in [0.15, 0.2) is 5.82 Å². The fourth-order valence-electron chi connectivity index (χ4n) is 5.12. The maximum Gasteiger partial charge on any atom is 0.173 e. The minimum Gasteiger partial charge on any atom is -0.497 e. The van der Waals surface area contributed by atoms with Gasteiger partial charge in [-0.05, 0) is 46.5 Å². The van der Waals surface area contributed by atoms with Crippen LogP contribution >= 0.6 is 0 Å². The molecule has 0 spiro atoms. The van der Waals surface area contributed by atoms with E-state index in [9.17, 15) is 0 Å². The molecule has 1 unspecified atom stereocenters. The first kappa shape index (κ1) is 21.1. The zero-order chi connectivity index (χ0) is 21.8. The average molecular weight is 433 g/mol. The molecule has 7 nitrogen and oxygen atoms in total. The summed E-state index contributed by atoms with van der Waals surface area (Å²) in [5.41, 5.74) is 2.59. The molecular weight excluding hydrogens is 400 g/mol. The Morgan fingerprint density at radius 2 is 1.66 bits per heavy atom. The number of methoxy groups -OCH3 is 1. The number of benzene rings is 2. The molecule has 168 valence electrons. The van der Waals surface area contributed by atoms with Crippen LogP contribution in [0.5, 0.6) is 5.75 Å². The van der Waals surface area contributed by atoms with Gasteiger partial charge in [0, 0.05) is 32.7 Å². The fraction of sp³-hybridized carbons (Fsp3) is 0.480. The van der Waals surface area contributed by atoms with E-state index in [2.05, 4.69) is 72.5 Å². The van der Waals surface area contributed by atoms with Gasteiger partial charge in [-0.15, -0.1) is 5.10 Å². The topological polar surface area (TPSA) is 59.3 Å². The summed E-state index contributed by atoms with van der Waals surface area (Å²) in [4.78, 5) is 5.08. The molecule has 2 aliphatic rings. The van der Waals surface area contributed by atoms with Crippen LogP contribution in [0.25, 0.3) is 0 Å². The van der Waals surface area contributed by atoms with Gasteiger partial charge in [0.25, 0.3) is 0 Å². The molecule has 2 aromatic carbocycles. The fourth-order valence-corrected chi connectivity index (χ4v) is 5.12. The standard InChI is InChI=1S/C25H32N6O/c1-32-23-13-11-21(12-14-23)24(25-26-27-28-31(25)22-9-5-6-10-22)30-17-15-29(16-18-30)19-20-7-3-2-4-8-20/h2-4,7-8,11-14,22,24H,5-6,9-10,15-19H2,1H3. The Bertz CT molecular complexity index is 975. The van der Waals surface area contributed by atoms with Gasteiger partial charge in [-0.25, -0.2) is 4.68 Å². The molecule has 0 bridgehead atoms. The van der Waals surface area contributed by atoms with E-state index in [0.717, 1.165) is 57.1 Å². The summed E-state index contributed by atoms with van der Waals surface area (Å²) >= 11 is 0. The van der Waals surface area contributed by atoms with Crippen LogP contribution in [0.1, 0.15) is 54.7 Å². The van der Waals surface area contributed by atoms with Crippen LogP contribution in [0.15, 0.2) is 54.6 Å². The Morgan fingerprint density at radius 3 is 2.34 bits per heavy atom. The van der Waals surface area contributed by atoms with Crippen LogP contribution in [-0.4, -0.2) is 63.3 Å². The van der Waals surface area contributed by atoms with Crippen molar-refractivity contribution in [3.63, 3.8) is 0 Å². The number of ether oxygens (including phenoxy) is 1. The largest absolute Gasteiger partial charge is 0.497 e. The van der Waals surface area contributed by atoms with Crippen LogP contribution in [0.2, 0.25) is 0 Å². The van der Waals surface area contributed by atoms with Gasteiger partial charge in [-0.3, -0.25) is 9.80 Å². The Kier molecular flexibility index (Phi) is 6.46. The molecule has 2 heterocycles. The zero-order valence-corrected chi connectivity index (χ0v) is 18.8. The second kappa shape index (κ2) is 9.79. The minimum absolute atomic E-state index is 0.0513. The lowest BCUT2D eigenvalue weighted by atomic mass is 10.0. The smallest absolute Gasteiger partial charge is 0.173 e. The monoisotopic (exact) mass is 432 g/mol. The Labute approximate surface area is 190 Å². The molecular formula is C25H32N6O. The van der Waals surface area contributed by atoms with Gasteiger partial charge < -0.3 is 4.74 Å². The van der Waals surface area contributed by atoms with Crippen molar-refractivity contribution in [2.45, 2.75) is 44.3 Å². The van der Waals surface area contributed by atoms with E-state index >= 15 is 0 Å². The first-order valence-corrected chi connectivity index (χ1v) is 11.7. The van der Waals surface area contributed by atoms with Gasteiger partial charge in [0.05, 0.1) is 19.2 Å². The lowest BCUT2D eigenvalue weighted by Gasteiger charge is -2.39. The van der Waals surface area contributed by atoms with E-state index in [1.807, 2.05) is 12.1 Å². The van der Waals surface area contributed by atoms with Crippen molar-refractivity contribution in [2.24, 2.45) is 0 Å². The van der Waals surface area contributed by atoms with E-state index in [4.69, 9.17) is 4.74 Å².